The van der Waals surface area contributed by atoms with Crippen molar-refractivity contribution in [3.05, 3.63) is 79.6 Å². The normalized spacial score (nSPS) is 14.8. The van der Waals surface area contributed by atoms with Crippen molar-refractivity contribution in [3.8, 4) is 0 Å². The van der Waals surface area contributed by atoms with Crippen molar-refractivity contribution in [2.24, 2.45) is 0 Å². The predicted octanol–water partition coefficient (Wildman–Crippen LogP) is 0.688. The van der Waals surface area contributed by atoms with Crippen LogP contribution in [-0.4, -0.2) is 72.3 Å². The molecule has 0 atom stereocenters. The lowest BCUT2D eigenvalue weighted by atomic mass is 10.2. The number of nitro groups is 1. The van der Waals surface area contributed by atoms with Crippen LogP contribution in [0, 0.1) is 10.1 Å². The maximum Gasteiger partial charge on any atom is 0.339 e. The number of aromatic nitrogens is 1. The molecule has 1 amide bonds. The van der Waals surface area contributed by atoms with Gasteiger partial charge in [-0.25, -0.2) is 13.2 Å². The van der Waals surface area contributed by atoms with Gasteiger partial charge in [-0.15, -0.1) is 0 Å². The number of ether oxygens (including phenoxy) is 1. The Labute approximate surface area is 194 Å². The van der Waals surface area contributed by atoms with Crippen molar-refractivity contribution in [1.82, 2.24) is 13.8 Å². The number of amides is 1. The average Bonchev–Trinajstić information content (AvgIpc) is 2.84. The van der Waals surface area contributed by atoms with Gasteiger partial charge in [0, 0.05) is 43.9 Å². The fourth-order valence-electron chi connectivity index (χ4n) is 3.35. The van der Waals surface area contributed by atoms with Crippen LogP contribution in [0.4, 0.5) is 5.69 Å². The van der Waals surface area contributed by atoms with E-state index in [-0.39, 0.29) is 31.7 Å². The Morgan fingerprint density at radius 3 is 2.38 bits per heavy atom. The standard InChI is InChI=1S/C21H22N4O8S/c1-33-21(28)17-13-18(25(29)30)20(27)23(14-17)15-19(26)22-8-10-24(11-9-22)34(31,32)12-7-16-5-3-2-4-6-16/h2-7,12-14H,8-11,15H2,1H3/b12-7+. The number of pyridine rings is 1. The van der Waals surface area contributed by atoms with Crippen molar-refractivity contribution in [3.63, 3.8) is 0 Å². The first-order valence-corrected chi connectivity index (χ1v) is 11.6. The van der Waals surface area contributed by atoms with E-state index in [9.17, 15) is 32.9 Å². The topological polar surface area (TPSA) is 149 Å². The molecule has 0 aliphatic carbocycles. The molecule has 0 spiro atoms. The molecule has 0 radical (unpaired) electrons. The molecule has 1 saturated heterocycles. The van der Waals surface area contributed by atoms with Gasteiger partial charge in [0.25, 0.3) is 0 Å². The molecule has 1 fully saturated rings. The second-order valence-corrected chi connectivity index (χ2v) is 9.15. The smallest absolute Gasteiger partial charge is 0.339 e. The Bertz CT molecular complexity index is 1280. The Morgan fingerprint density at radius 1 is 1.15 bits per heavy atom. The minimum atomic E-state index is -3.70. The van der Waals surface area contributed by atoms with Crippen LogP contribution in [0.15, 0.2) is 52.8 Å². The highest BCUT2D eigenvalue weighted by Gasteiger charge is 2.28. The molecule has 2 heterocycles. The highest BCUT2D eigenvalue weighted by Crippen LogP contribution is 2.13. The van der Waals surface area contributed by atoms with Gasteiger partial charge in [0.05, 0.1) is 17.6 Å². The van der Waals surface area contributed by atoms with Gasteiger partial charge in [0.15, 0.2) is 0 Å². The van der Waals surface area contributed by atoms with Crippen molar-refractivity contribution < 1.29 is 27.7 Å². The van der Waals surface area contributed by atoms with E-state index in [0.717, 1.165) is 34.9 Å². The van der Waals surface area contributed by atoms with Gasteiger partial charge in [-0.2, -0.15) is 4.31 Å². The van der Waals surface area contributed by atoms with E-state index in [1.807, 2.05) is 6.07 Å². The van der Waals surface area contributed by atoms with Gasteiger partial charge in [-0.1, -0.05) is 30.3 Å². The minimum Gasteiger partial charge on any atom is -0.465 e. The first-order chi connectivity index (χ1) is 16.1. The molecule has 180 valence electrons. The number of carbonyl (C=O) groups excluding carboxylic acids is 2. The SMILES string of the molecule is COC(=O)c1cc([N+](=O)[O-])c(=O)n(CC(=O)N2CCN(S(=O)(=O)/C=C/c3ccccc3)CC2)c1. The van der Waals surface area contributed by atoms with E-state index in [2.05, 4.69) is 4.74 Å². The largest absolute Gasteiger partial charge is 0.465 e. The summed E-state index contributed by atoms with van der Waals surface area (Å²) in [6.07, 6.45) is 2.51. The molecule has 34 heavy (non-hydrogen) atoms. The molecule has 3 rings (SSSR count). The fraction of sp³-hybridized carbons (Fsp3) is 0.286. The molecule has 1 aromatic heterocycles. The van der Waals surface area contributed by atoms with E-state index in [1.54, 1.807) is 24.3 Å². The fourth-order valence-corrected chi connectivity index (χ4v) is 4.52. The first kappa shape index (κ1) is 24.8. The third-order valence-electron chi connectivity index (χ3n) is 5.17. The molecule has 1 aromatic carbocycles. The number of hydrogen-bond acceptors (Lipinski definition) is 8. The molecular weight excluding hydrogens is 468 g/mol. The van der Waals surface area contributed by atoms with Crippen LogP contribution in [0.3, 0.4) is 0 Å². The number of rotatable bonds is 7. The number of nitrogens with zero attached hydrogens (tertiary/aromatic N) is 4. The van der Waals surface area contributed by atoms with Crippen molar-refractivity contribution >= 4 is 33.7 Å². The number of hydrogen-bond donors (Lipinski definition) is 0. The summed E-state index contributed by atoms with van der Waals surface area (Å²) in [6.45, 7) is -0.310. The van der Waals surface area contributed by atoms with Crippen LogP contribution >= 0.6 is 0 Å². The summed E-state index contributed by atoms with van der Waals surface area (Å²) in [5, 5.41) is 12.3. The summed E-state index contributed by atoms with van der Waals surface area (Å²) in [4.78, 5) is 48.5. The third kappa shape index (κ3) is 5.74. The summed E-state index contributed by atoms with van der Waals surface area (Å²) in [6, 6.07) is 9.73. The van der Waals surface area contributed by atoms with Gasteiger partial charge in [0.1, 0.15) is 6.54 Å². The van der Waals surface area contributed by atoms with Crippen LogP contribution in [0.5, 0.6) is 0 Å². The number of piperazine rings is 1. The van der Waals surface area contributed by atoms with E-state index in [4.69, 9.17) is 0 Å². The van der Waals surface area contributed by atoms with Crippen molar-refractivity contribution in [1.29, 1.82) is 0 Å². The summed E-state index contributed by atoms with van der Waals surface area (Å²) in [7, 11) is -2.62. The summed E-state index contributed by atoms with van der Waals surface area (Å²) >= 11 is 0. The lowest BCUT2D eigenvalue weighted by Gasteiger charge is -2.33. The van der Waals surface area contributed by atoms with Gasteiger partial charge in [-0.05, 0) is 11.6 Å². The van der Waals surface area contributed by atoms with E-state index in [1.165, 1.54) is 15.3 Å². The maximum absolute atomic E-state index is 12.7. The minimum absolute atomic E-state index is 0.0461. The second kappa shape index (κ2) is 10.4. The van der Waals surface area contributed by atoms with Gasteiger partial charge in [0.2, 0.25) is 15.9 Å². The number of sulfonamides is 1. The van der Waals surface area contributed by atoms with Crippen LogP contribution in [0.1, 0.15) is 15.9 Å². The molecule has 0 saturated carbocycles. The lowest BCUT2D eigenvalue weighted by Crippen LogP contribution is -2.51. The molecule has 0 unspecified atom stereocenters. The summed E-state index contributed by atoms with van der Waals surface area (Å²) in [5.41, 5.74) is -1.42. The average molecular weight is 490 g/mol. The Kier molecular flexibility index (Phi) is 7.58. The molecule has 2 aromatic rings. The number of carbonyl (C=O) groups is 2. The van der Waals surface area contributed by atoms with Gasteiger partial charge < -0.3 is 9.64 Å². The molecular formula is C21H22N4O8S. The Balaban J connectivity index is 1.69. The van der Waals surface area contributed by atoms with Crippen molar-refractivity contribution in [2.45, 2.75) is 6.54 Å². The molecule has 13 heteroatoms. The summed E-state index contributed by atoms with van der Waals surface area (Å²) < 4.78 is 31.7. The van der Waals surface area contributed by atoms with Crippen LogP contribution < -0.4 is 5.56 Å². The van der Waals surface area contributed by atoms with Crippen LogP contribution in [-0.2, 0) is 26.1 Å². The maximum atomic E-state index is 12.7. The van der Waals surface area contributed by atoms with Crippen LogP contribution in [0.2, 0.25) is 0 Å². The van der Waals surface area contributed by atoms with Crippen LogP contribution in [0.25, 0.3) is 6.08 Å². The Hall–Kier alpha value is -3.84. The highest BCUT2D eigenvalue weighted by atomic mass is 32.2. The number of benzene rings is 1. The third-order valence-corrected chi connectivity index (χ3v) is 6.74. The Morgan fingerprint density at radius 2 is 1.79 bits per heavy atom. The molecule has 0 bridgehead atoms. The molecule has 1 aliphatic rings. The van der Waals surface area contributed by atoms with Gasteiger partial charge >= 0.3 is 17.2 Å². The quantitative estimate of drug-likeness (QED) is 0.313. The van der Waals surface area contributed by atoms with E-state index < -0.39 is 44.6 Å². The second-order valence-electron chi connectivity index (χ2n) is 7.33. The highest BCUT2D eigenvalue weighted by molar-refractivity contribution is 7.92. The van der Waals surface area contributed by atoms with Gasteiger partial charge in [-0.3, -0.25) is 24.3 Å². The zero-order valence-electron chi connectivity index (χ0n) is 18.2. The monoisotopic (exact) mass is 490 g/mol. The first-order valence-electron chi connectivity index (χ1n) is 10.1. The predicted molar refractivity (Wildman–Crippen MR) is 121 cm³/mol. The lowest BCUT2D eigenvalue weighted by molar-refractivity contribution is -0.386. The molecule has 1 aliphatic heterocycles. The summed E-state index contributed by atoms with van der Waals surface area (Å²) in [5.74, 6) is -1.44. The number of methoxy groups -OCH3 is 1. The molecule has 0 N–H and O–H groups in total. The van der Waals surface area contributed by atoms with E-state index in [0.29, 0.717) is 0 Å². The number of esters is 1. The zero-order chi connectivity index (χ0) is 24.9. The zero-order valence-corrected chi connectivity index (χ0v) is 19.0. The van der Waals surface area contributed by atoms with Crippen molar-refractivity contribution in [2.75, 3.05) is 33.3 Å². The van der Waals surface area contributed by atoms with E-state index >= 15 is 0 Å². The molecule has 12 nitrogen and oxygen atoms in total.